The second kappa shape index (κ2) is 6.10. The van der Waals surface area contributed by atoms with Crippen molar-refractivity contribution in [1.29, 1.82) is 0 Å². The second-order valence-corrected chi connectivity index (χ2v) is 7.35. The van der Waals surface area contributed by atoms with Crippen molar-refractivity contribution in [2.75, 3.05) is 0 Å². The van der Waals surface area contributed by atoms with Crippen molar-refractivity contribution in [1.82, 2.24) is 0 Å². The summed E-state index contributed by atoms with van der Waals surface area (Å²) in [7, 11) is 0. The predicted octanol–water partition coefficient (Wildman–Crippen LogP) is 5.64. The Morgan fingerprint density at radius 3 is 2.47 bits per heavy atom. The van der Waals surface area contributed by atoms with Gasteiger partial charge in [-0.3, -0.25) is 0 Å². The van der Waals surface area contributed by atoms with Crippen LogP contribution in [0.4, 0.5) is 0 Å². The molecular weight excluding hydrogens is 320 g/mol. The molecule has 1 heterocycles. The molecule has 0 saturated carbocycles. The molecule has 19 heavy (non-hydrogen) atoms. The lowest BCUT2D eigenvalue weighted by molar-refractivity contribution is 0.242. The number of benzene rings is 1. The van der Waals surface area contributed by atoms with Gasteiger partial charge in [0.05, 0.1) is 10.9 Å². The number of ether oxygens (including phenoxy) is 1. The predicted molar refractivity (Wildman–Crippen MR) is 86.8 cm³/mol. The number of hydrogen-bond donors (Lipinski definition) is 0. The Labute approximate surface area is 127 Å². The molecule has 1 unspecified atom stereocenters. The Hall–Kier alpha value is -0.800. The van der Waals surface area contributed by atoms with E-state index < -0.39 is 0 Å². The van der Waals surface area contributed by atoms with Crippen LogP contribution in [0.15, 0.2) is 30.3 Å². The van der Waals surface area contributed by atoms with Gasteiger partial charge in [-0.15, -0.1) is 11.3 Å². The third-order valence-corrected chi connectivity index (χ3v) is 4.88. The van der Waals surface area contributed by atoms with Gasteiger partial charge in [-0.2, -0.15) is 0 Å². The molecule has 0 N–H and O–H groups in total. The van der Waals surface area contributed by atoms with Gasteiger partial charge in [-0.05, 0) is 57.0 Å². The maximum Gasteiger partial charge on any atom is 0.120 e. The fraction of sp³-hybridized carbons (Fsp3) is 0.375. The summed E-state index contributed by atoms with van der Waals surface area (Å²) in [6.45, 7) is 8.42. The van der Waals surface area contributed by atoms with Crippen LogP contribution in [0.5, 0.6) is 5.75 Å². The van der Waals surface area contributed by atoms with Gasteiger partial charge in [0.1, 0.15) is 5.75 Å². The number of aryl methyl sites for hydroxylation is 2. The molecule has 1 nitrogen and oxygen atoms in total. The Bertz CT molecular complexity index is 560. The standard InChI is InChI=1S/C16H19BrOS/c1-10(2)18-14-7-5-6-13(9-14)16(17)15-8-11(3)19-12(15)4/h5-10,16H,1-4H3. The van der Waals surface area contributed by atoms with Gasteiger partial charge in [0.2, 0.25) is 0 Å². The molecule has 0 aliphatic heterocycles. The zero-order valence-electron chi connectivity index (χ0n) is 11.7. The molecule has 102 valence electrons. The molecule has 0 aliphatic rings. The Morgan fingerprint density at radius 2 is 1.89 bits per heavy atom. The van der Waals surface area contributed by atoms with E-state index in [4.69, 9.17) is 4.74 Å². The first-order valence-corrected chi connectivity index (χ1v) is 8.18. The van der Waals surface area contributed by atoms with Crippen LogP contribution in [-0.2, 0) is 0 Å². The molecule has 0 aliphatic carbocycles. The number of thiophene rings is 1. The van der Waals surface area contributed by atoms with Crippen LogP contribution in [0, 0.1) is 13.8 Å². The molecule has 0 amide bonds. The van der Waals surface area contributed by atoms with Gasteiger partial charge in [0.15, 0.2) is 0 Å². The molecule has 1 atom stereocenters. The summed E-state index contributed by atoms with van der Waals surface area (Å²) in [5.74, 6) is 0.932. The summed E-state index contributed by atoms with van der Waals surface area (Å²) in [5, 5.41) is 0. The highest BCUT2D eigenvalue weighted by Gasteiger charge is 2.15. The average Bonchev–Trinajstić information content (AvgIpc) is 2.67. The molecule has 0 fully saturated rings. The first-order valence-electron chi connectivity index (χ1n) is 6.45. The first-order chi connectivity index (χ1) is 8.97. The number of alkyl halides is 1. The largest absolute Gasteiger partial charge is 0.491 e. The van der Waals surface area contributed by atoms with Crippen molar-refractivity contribution in [3.63, 3.8) is 0 Å². The second-order valence-electron chi connectivity index (χ2n) is 4.97. The van der Waals surface area contributed by atoms with Gasteiger partial charge in [-0.25, -0.2) is 0 Å². The van der Waals surface area contributed by atoms with E-state index in [9.17, 15) is 0 Å². The minimum absolute atomic E-state index is 0.203. The van der Waals surface area contributed by atoms with E-state index in [-0.39, 0.29) is 10.9 Å². The van der Waals surface area contributed by atoms with Crippen molar-refractivity contribution in [2.24, 2.45) is 0 Å². The third-order valence-electron chi connectivity index (χ3n) is 2.87. The van der Waals surface area contributed by atoms with E-state index in [0.29, 0.717) is 0 Å². The van der Waals surface area contributed by atoms with E-state index in [0.717, 1.165) is 5.75 Å². The highest BCUT2D eigenvalue weighted by atomic mass is 79.9. The number of rotatable bonds is 4. The molecule has 2 rings (SSSR count). The zero-order chi connectivity index (χ0) is 14.0. The van der Waals surface area contributed by atoms with Crippen molar-refractivity contribution >= 4 is 27.3 Å². The van der Waals surface area contributed by atoms with E-state index in [1.807, 2.05) is 31.3 Å². The van der Waals surface area contributed by atoms with Crippen molar-refractivity contribution < 1.29 is 4.74 Å². The van der Waals surface area contributed by atoms with Gasteiger partial charge in [0, 0.05) is 9.75 Å². The average molecular weight is 339 g/mol. The van der Waals surface area contributed by atoms with Crippen LogP contribution in [-0.4, -0.2) is 6.10 Å². The van der Waals surface area contributed by atoms with E-state index in [2.05, 4.69) is 54.0 Å². The third kappa shape index (κ3) is 3.61. The lowest BCUT2D eigenvalue weighted by Crippen LogP contribution is -2.05. The number of hydrogen-bond acceptors (Lipinski definition) is 2. The molecule has 0 saturated heterocycles. The fourth-order valence-corrected chi connectivity index (χ4v) is 3.97. The lowest BCUT2D eigenvalue weighted by atomic mass is 10.1. The molecule has 2 aromatic rings. The topological polar surface area (TPSA) is 9.23 Å². The highest BCUT2D eigenvalue weighted by Crippen LogP contribution is 2.37. The molecule has 0 radical (unpaired) electrons. The number of halogens is 1. The summed E-state index contributed by atoms with van der Waals surface area (Å²) >= 11 is 5.66. The van der Waals surface area contributed by atoms with Crippen LogP contribution in [0.3, 0.4) is 0 Å². The van der Waals surface area contributed by atoms with Gasteiger partial charge < -0.3 is 4.74 Å². The van der Waals surface area contributed by atoms with Crippen LogP contribution in [0.25, 0.3) is 0 Å². The van der Waals surface area contributed by atoms with Gasteiger partial charge in [0.25, 0.3) is 0 Å². The quantitative estimate of drug-likeness (QED) is 0.655. The Kier molecular flexibility index (Phi) is 4.69. The summed E-state index contributed by atoms with van der Waals surface area (Å²) in [4.78, 5) is 2.95. The fourth-order valence-electron chi connectivity index (χ4n) is 2.10. The minimum Gasteiger partial charge on any atom is -0.491 e. The zero-order valence-corrected chi connectivity index (χ0v) is 14.1. The molecule has 1 aromatic heterocycles. The highest BCUT2D eigenvalue weighted by molar-refractivity contribution is 9.09. The maximum absolute atomic E-state index is 5.76. The van der Waals surface area contributed by atoms with Crippen molar-refractivity contribution in [2.45, 2.75) is 38.6 Å². The smallest absolute Gasteiger partial charge is 0.120 e. The van der Waals surface area contributed by atoms with Crippen LogP contribution < -0.4 is 4.74 Å². The van der Waals surface area contributed by atoms with Crippen LogP contribution in [0.2, 0.25) is 0 Å². The summed E-state index contributed by atoms with van der Waals surface area (Å²) in [5.41, 5.74) is 2.59. The molecular formula is C16H19BrOS. The Morgan fingerprint density at radius 1 is 1.16 bits per heavy atom. The summed E-state index contributed by atoms with van der Waals surface area (Å²) in [6, 6.07) is 10.6. The van der Waals surface area contributed by atoms with E-state index in [1.165, 1.54) is 20.9 Å². The van der Waals surface area contributed by atoms with Crippen molar-refractivity contribution in [3.8, 4) is 5.75 Å². The summed E-state index contributed by atoms with van der Waals surface area (Å²) < 4.78 is 5.76. The lowest BCUT2D eigenvalue weighted by Gasteiger charge is -2.14. The molecule has 3 heteroatoms. The van der Waals surface area contributed by atoms with Gasteiger partial charge in [-0.1, -0.05) is 28.1 Å². The van der Waals surface area contributed by atoms with Gasteiger partial charge >= 0.3 is 0 Å². The van der Waals surface area contributed by atoms with Crippen LogP contribution in [0.1, 0.15) is 39.6 Å². The van der Waals surface area contributed by atoms with Crippen LogP contribution >= 0.6 is 27.3 Å². The van der Waals surface area contributed by atoms with E-state index >= 15 is 0 Å². The molecule has 0 bridgehead atoms. The Balaban J connectivity index is 2.28. The molecule has 0 spiro atoms. The SMILES string of the molecule is Cc1cc(C(Br)c2cccc(OC(C)C)c2)c(C)s1. The molecule has 1 aromatic carbocycles. The summed E-state index contributed by atoms with van der Waals surface area (Å²) in [6.07, 6.45) is 0.203. The minimum atomic E-state index is 0.203. The van der Waals surface area contributed by atoms with Crippen molar-refractivity contribution in [3.05, 3.63) is 51.2 Å². The van der Waals surface area contributed by atoms with E-state index in [1.54, 1.807) is 0 Å². The first kappa shape index (κ1) is 14.6. The maximum atomic E-state index is 5.76. The monoisotopic (exact) mass is 338 g/mol. The normalized spacial score (nSPS) is 12.7.